The number of benzene rings is 2. The van der Waals surface area contributed by atoms with Crippen molar-refractivity contribution < 1.29 is 33.7 Å². The Morgan fingerprint density at radius 3 is 2.09 bits per heavy atom. The predicted molar refractivity (Wildman–Crippen MR) is 130 cm³/mol. The number of nitrogens with zero attached hydrogens (tertiary/aromatic N) is 1. The molecule has 1 atom stereocenters. The summed E-state index contributed by atoms with van der Waals surface area (Å²) in [4.78, 5) is 11.2. The third-order valence-electron chi connectivity index (χ3n) is 4.98. The minimum absolute atomic E-state index is 0.0173. The molecule has 0 amide bonds. The molecular formula is C24H25NO8S. The van der Waals surface area contributed by atoms with Gasteiger partial charge in [-0.15, -0.1) is 0 Å². The number of phenols is 1. The summed E-state index contributed by atoms with van der Waals surface area (Å²) in [6.07, 6.45) is 2.94. The van der Waals surface area contributed by atoms with Gasteiger partial charge in [-0.25, -0.2) is 0 Å². The Morgan fingerprint density at radius 1 is 0.912 bits per heavy atom. The molecule has 1 aromatic heterocycles. The first-order valence-corrected chi connectivity index (χ1v) is 10.9. The monoisotopic (exact) mass is 487 g/mol. The molecule has 3 aromatic rings. The molecule has 9 nitrogen and oxygen atoms in total. The lowest BCUT2D eigenvalue weighted by Crippen LogP contribution is -2.03. The first-order chi connectivity index (χ1) is 16.3. The van der Waals surface area contributed by atoms with Crippen LogP contribution in [0, 0.1) is 10.1 Å². The van der Waals surface area contributed by atoms with Crippen LogP contribution in [0.2, 0.25) is 0 Å². The molecule has 0 radical (unpaired) electrons. The maximum Gasteiger partial charge on any atom is 0.324 e. The quantitative estimate of drug-likeness (QED) is 0.220. The molecular weight excluding hydrogens is 462 g/mol. The number of hydrogen-bond donors (Lipinski definition) is 1. The van der Waals surface area contributed by atoms with Crippen LogP contribution in [0.1, 0.15) is 29.0 Å². The van der Waals surface area contributed by atoms with E-state index in [0.717, 1.165) is 16.9 Å². The highest BCUT2D eigenvalue weighted by Gasteiger charge is 2.21. The van der Waals surface area contributed by atoms with Crippen LogP contribution in [0.25, 0.3) is 12.2 Å². The van der Waals surface area contributed by atoms with Crippen molar-refractivity contribution in [2.45, 2.75) is 13.0 Å². The van der Waals surface area contributed by atoms with Crippen molar-refractivity contribution in [2.75, 3.05) is 28.4 Å². The van der Waals surface area contributed by atoms with E-state index in [1.54, 1.807) is 49.4 Å². The minimum Gasteiger partial charge on any atom is -0.504 e. The minimum atomic E-state index is -0.548. The summed E-state index contributed by atoms with van der Waals surface area (Å²) in [7, 11) is 6.07. The van der Waals surface area contributed by atoms with Crippen LogP contribution in [0.3, 0.4) is 0 Å². The number of aromatic hydroxyl groups is 1. The van der Waals surface area contributed by atoms with Gasteiger partial charge in [0.2, 0.25) is 11.5 Å². The van der Waals surface area contributed by atoms with E-state index in [9.17, 15) is 15.2 Å². The Bertz CT molecular complexity index is 1180. The lowest BCUT2D eigenvalue weighted by Gasteiger charge is -2.18. The van der Waals surface area contributed by atoms with Gasteiger partial charge in [-0.2, -0.15) is 0 Å². The number of hydrogen-bond acceptors (Lipinski definition) is 9. The second-order valence-electron chi connectivity index (χ2n) is 7.02. The summed E-state index contributed by atoms with van der Waals surface area (Å²) in [5.41, 5.74) is 1.24. The molecule has 0 saturated heterocycles. The fourth-order valence-electron chi connectivity index (χ4n) is 3.25. The van der Waals surface area contributed by atoms with Crippen molar-refractivity contribution in [1.29, 1.82) is 0 Å². The summed E-state index contributed by atoms with van der Waals surface area (Å²) >= 11 is 1.01. The van der Waals surface area contributed by atoms with E-state index >= 15 is 0 Å². The van der Waals surface area contributed by atoms with Crippen LogP contribution in [-0.2, 0) is 0 Å². The summed E-state index contributed by atoms with van der Waals surface area (Å²) < 4.78 is 27.4. The first-order valence-electron chi connectivity index (χ1n) is 10.1. The summed E-state index contributed by atoms with van der Waals surface area (Å²) in [6.45, 7) is 1.74. The van der Waals surface area contributed by atoms with E-state index in [1.165, 1.54) is 34.5 Å². The molecule has 0 bridgehead atoms. The van der Waals surface area contributed by atoms with Crippen molar-refractivity contribution in [1.82, 2.24) is 0 Å². The Morgan fingerprint density at radius 2 is 1.56 bits per heavy atom. The number of thiophene rings is 1. The second kappa shape index (κ2) is 10.8. The van der Waals surface area contributed by atoms with Crippen molar-refractivity contribution in [3.8, 4) is 34.5 Å². The molecule has 0 fully saturated rings. The zero-order valence-electron chi connectivity index (χ0n) is 19.4. The van der Waals surface area contributed by atoms with Gasteiger partial charge < -0.3 is 28.8 Å². The van der Waals surface area contributed by atoms with Crippen LogP contribution in [-0.4, -0.2) is 38.5 Å². The average Bonchev–Trinajstić information content (AvgIpc) is 3.34. The first kappa shape index (κ1) is 24.7. The molecule has 34 heavy (non-hydrogen) atoms. The van der Waals surface area contributed by atoms with Crippen LogP contribution in [0.4, 0.5) is 5.00 Å². The predicted octanol–water partition coefficient (Wildman–Crippen LogP) is 5.71. The van der Waals surface area contributed by atoms with Crippen LogP contribution in [0.15, 0.2) is 36.4 Å². The van der Waals surface area contributed by atoms with E-state index in [4.69, 9.17) is 23.7 Å². The summed E-state index contributed by atoms with van der Waals surface area (Å²) in [6, 6.07) is 9.98. The Hall–Kier alpha value is -3.92. The lowest BCUT2D eigenvalue weighted by atomic mass is 10.1. The molecule has 0 spiro atoms. The normalized spacial score (nSPS) is 11.8. The zero-order valence-corrected chi connectivity index (χ0v) is 20.2. The van der Waals surface area contributed by atoms with Gasteiger partial charge in [0.05, 0.1) is 38.2 Å². The molecule has 10 heteroatoms. The molecule has 1 unspecified atom stereocenters. The summed E-state index contributed by atoms with van der Waals surface area (Å²) in [5, 5.41) is 21.9. The fourth-order valence-corrected chi connectivity index (χ4v) is 4.06. The molecule has 0 saturated carbocycles. The van der Waals surface area contributed by atoms with Gasteiger partial charge in [0.15, 0.2) is 23.0 Å². The Labute approximate surface area is 200 Å². The highest BCUT2D eigenvalue weighted by Crippen LogP contribution is 2.44. The lowest BCUT2D eigenvalue weighted by molar-refractivity contribution is -0.380. The van der Waals surface area contributed by atoms with Gasteiger partial charge in [0.25, 0.3) is 0 Å². The van der Waals surface area contributed by atoms with Gasteiger partial charge in [-0.05, 0) is 42.8 Å². The van der Waals surface area contributed by atoms with E-state index < -0.39 is 11.0 Å². The maximum absolute atomic E-state index is 11.0. The van der Waals surface area contributed by atoms with Gasteiger partial charge in [-0.1, -0.05) is 23.5 Å². The highest BCUT2D eigenvalue weighted by atomic mass is 32.1. The molecule has 1 N–H and O–H groups in total. The van der Waals surface area contributed by atoms with Crippen molar-refractivity contribution in [3.05, 3.63) is 62.5 Å². The van der Waals surface area contributed by atoms with Crippen LogP contribution >= 0.6 is 11.3 Å². The third-order valence-corrected chi connectivity index (χ3v) is 6.17. The van der Waals surface area contributed by atoms with Crippen LogP contribution < -0.4 is 23.7 Å². The smallest absolute Gasteiger partial charge is 0.324 e. The van der Waals surface area contributed by atoms with E-state index in [-0.39, 0.29) is 16.5 Å². The second-order valence-corrected chi connectivity index (χ2v) is 8.11. The van der Waals surface area contributed by atoms with Gasteiger partial charge in [0.1, 0.15) is 6.10 Å². The van der Waals surface area contributed by atoms with Crippen LogP contribution in [0.5, 0.6) is 34.5 Å². The van der Waals surface area contributed by atoms with Crippen molar-refractivity contribution in [2.24, 2.45) is 0 Å². The largest absolute Gasteiger partial charge is 0.504 e. The molecule has 0 aliphatic rings. The summed E-state index contributed by atoms with van der Waals surface area (Å²) in [5.74, 6) is 1.83. The highest BCUT2D eigenvalue weighted by molar-refractivity contribution is 7.15. The number of rotatable bonds is 10. The van der Waals surface area contributed by atoms with Gasteiger partial charge in [0, 0.05) is 11.6 Å². The zero-order chi connectivity index (χ0) is 24.8. The van der Waals surface area contributed by atoms with E-state index in [2.05, 4.69) is 0 Å². The van der Waals surface area contributed by atoms with Crippen molar-refractivity contribution >= 4 is 28.5 Å². The SMILES string of the molecule is COc1cc(/C=C\c2ccc(OC)c(OC(C)c3ccc([N+](=O)[O-])s3)c2O)cc(OC)c1OC. The molecule has 3 rings (SSSR count). The molecule has 0 aliphatic heterocycles. The van der Waals surface area contributed by atoms with E-state index in [1.807, 2.05) is 0 Å². The standard InChI is InChI=1S/C24H25NO8S/c1-14(20-10-11-21(34-20)25(27)28)33-24-17(29-2)9-8-16(22(24)26)7-6-15-12-18(30-3)23(32-5)19(13-15)31-4/h6-14,26H,1-5H3/b7-6-. The average molecular weight is 488 g/mol. The number of methoxy groups -OCH3 is 4. The van der Waals surface area contributed by atoms with Gasteiger partial charge in [-0.3, -0.25) is 10.1 Å². The van der Waals surface area contributed by atoms with Crippen molar-refractivity contribution in [3.63, 3.8) is 0 Å². The number of phenolic OH excluding ortho intramolecular Hbond substituents is 1. The maximum atomic E-state index is 11.0. The molecule has 2 aromatic carbocycles. The fraction of sp³-hybridized carbons (Fsp3) is 0.250. The molecule has 0 aliphatic carbocycles. The topological polar surface area (TPSA) is 110 Å². The Kier molecular flexibility index (Phi) is 7.85. The Balaban J connectivity index is 1.93. The number of nitro groups is 1. The third kappa shape index (κ3) is 5.18. The van der Waals surface area contributed by atoms with Gasteiger partial charge >= 0.3 is 5.00 Å². The number of ether oxygens (including phenoxy) is 5. The molecule has 180 valence electrons. The molecule has 1 heterocycles. The van der Waals surface area contributed by atoms with E-state index in [0.29, 0.717) is 33.4 Å².